The molecule has 0 amide bonds. The molecule has 1 aliphatic rings. The molecule has 0 aliphatic carbocycles. The Hall–Kier alpha value is -0.0100. The van der Waals surface area contributed by atoms with E-state index in [4.69, 9.17) is 4.55 Å². The Labute approximate surface area is 68.6 Å². The van der Waals surface area contributed by atoms with Gasteiger partial charge in [-0.2, -0.15) is 4.72 Å². The van der Waals surface area contributed by atoms with Gasteiger partial charge in [-0.25, -0.2) is 4.21 Å². The molecule has 66 valence electrons. The van der Waals surface area contributed by atoms with E-state index < -0.39 is 11.3 Å². The zero-order valence-corrected chi connectivity index (χ0v) is 7.23. The third kappa shape index (κ3) is 2.84. The molecule has 1 saturated heterocycles. The van der Waals surface area contributed by atoms with Gasteiger partial charge in [-0.05, 0) is 7.05 Å². The zero-order chi connectivity index (χ0) is 8.27. The largest absolute Gasteiger partial charge is 0.313 e. The van der Waals surface area contributed by atoms with E-state index in [1.807, 2.05) is 11.9 Å². The first-order valence-corrected chi connectivity index (χ1v) is 4.59. The van der Waals surface area contributed by atoms with Crippen molar-refractivity contribution in [3.05, 3.63) is 0 Å². The van der Waals surface area contributed by atoms with E-state index in [2.05, 4.69) is 10.0 Å². The van der Waals surface area contributed by atoms with Crippen molar-refractivity contribution in [3.63, 3.8) is 0 Å². The lowest BCUT2D eigenvalue weighted by molar-refractivity contribution is 0.189. The van der Waals surface area contributed by atoms with Gasteiger partial charge < -0.3 is 5.32 Å². The molecule has 5 nitrogen and oxygen atoms in total. The van der Waals surface area contributed by atoms with Gasteiger partial charge in [0.15, 0.2) is 0 Å². The number of hydrogen-bond acceptors (Lipinski definition) is 3. The molecule has 6 heteroatoms. The van der Waals surface area contributed by atoms with E-state index >= 15 is 0 Å². The van der Waals surface area contributed by atoms with Crippen molar-refractivity contribution >= 4 is 11.3 Å². The highest BCUT2D eigenvalue weighted by molar-refractivity contribution is 7.77. The molecule has 1 heterocycles. The highest BCUT2D eigenvalue weighted by atomic mass is 32.2. The third-order valence-electron chi connectivity index (χ3n) is 1.75. The number of piperazine rings is 1. The molecule has 1 fully saturated rings. The average Bonchev–Trinajstić information content (AvgIpc) is 1.93. The van der Waals surface area contributed by atoms with Crippen molar-refractivity contribution in [2.24, 2.45) is 0 Å². The predicted octanol–water partition coefficient (Wildman–Crippen LogP) is -1.43. The standard InChI is InChI=1S/C5H13N3O2S/c1-8-3-2-6-4-5(8)7-11(9)10/h5-7H,2-4H2,1H3,(H,9,10). The van der Waals surface area contributed by atoms with Crippen molar-refractivity contribution in [1.82, 2.24) is 14.9 Å². The summed E-state index contributed by atoms with van der Waals surface area (Å²) in [5, 5.41) is 3.12. The van der Waals surface area contributed by atoms with Crippen LogP contribution in [0.3, 0.4) is 0 Å². The summed E-state index contributed by atoms with van der Waals surface area (Å²) < 4.78 is 21.4. The first-order chi connectivity index (χ1) is 5.20. The SMILES string of the molecule is CN1CCNCC1NS(=O)O. The zero-order valence-electron chi connectivity index (χ0n) is 6.41. The summed E-state index contributed by atoms with van der Waals surface area (Å²) in [4.78, 5) is 2.00. The number of hydrogen-bond donors (Lipinski definition) is 3. The topological polar surface area (TPSA) is 64.6 Å². The minimum absolute atomic E-state index is 0.0328. The van der Waals surface area contributed by atoms with Crippen LogP contribution in [0.5, 0.6) is 0 Å². The summed E-state index contributed by atoms with van der Waals surface area (Å²) in [6.07, 6.45) is -0.0328. The fraction of sp³-hybridized carbons (Fsp3) is 1.00. The van der Waals surface area contributed by atoms with E-state index in [-0.39, 0.29) is 6.17 Å². The smallest absolute Gasteiger partial charge is 0.233 e. The van der Waals surface area contributed by atoms with Crippen LogP contribution in [0.25, 0.3) is 0 Å². The average molecular weight is 179 g/mol. The molecule has 0 aromatic rings. The van der Waals surface area contributed by atoms with Gasteiger partial charge in [0.05, 0.1) is 6.17 Å². The lowest BCUT2D eigenvalue weighted by Gasteiger charge is -2.32. The van der Waals surface area contributed by atoms with Crippen LogP contribution in [0, 0.1) is 0 Å². The van der Waals surface area contributed by atoms with Gasteiger partial charge in [0, 0.05) is 19.6 Å². The van der Waals surface area contributed by atoms with Gasteiger partial charge in [-0.3, -0.25) is 9.45 Å². The van der Waals surface area contributed by atoms with Crippen LogP contribution in [-0.2, 0) is 11.3 Å². The molecule has 1 rings (SSSR count). The van der Waals surface area contributed by atoms with Crippen LogP contribution in [0.15, 0.2) is 0 Å². The molecule has 2 unspecified atom stereocenters. The van der Waals surface area contributed by atoms with Gasteiger partial charge in [-0.1, -0.05) is 0 Å². The Balaban J connectivity index is 2.35. The third-order valence-corrected chi connectivity index (χ3v) is 2.22. The molecule has 0 bridgehead atoms. The highest BCUT2D eigenvalue weighted by Gasteiger charge is 2.18. The van der Waals surface area contributed by atoms with E-state index in [9.17, 15) is 4.21 Å². The predicted molar refractivity (Wildman–Crippen MR) is 43.2 cm³/mol. The molecule has 0 radical (unpaired) electrons. The Morgan fingerprint density at radius 1 is 1.82 bits per heavy atom. The van der Waals surface area contributed by atoms with Crippen molar-refractivity contribution in [1.29, 1.82) is 0 Å². The Morgan fingerprint density at radius 2 is 2.55 bits per heavy atom. The van der Waals surface area contributed by atoms with E-state index in [0.717, 1.165) is 13.1 Å². The maximum Gasteiger partial charge on any atom is 0.233 e. The van der Waals surface area contributed by atoms with Crippen LogP contribution in [0.1, 0.15) is 0 Å². The first-order valence-electron chi connectivity index (χ1n) is 3.48. The van der Waals surface area contributed by atoms with Crippen LogP contribution in [-0.4, -0.2) is 46.5 Å². The van der Waals surface area contributed by atoms with Crippen molar-refractivity contribution in [3.8, 4) is 0 Å². The maximum atomic E-state index is 10.4. The normalized spacial score (nSPS) is 30.2. The quantitative estimate of drug-likeness (QED) is 0.455. The van der Waals surface area contributed by atoms with Gasteiger partial charge in [0.25, 0.3) is 0 Å². The fourth-order valence-electron chi connectivity index (χ4n) is 1.05. The van der Waals surface area contributed by atoms with Crippen LogP contribution in [0.4, 0.5) is 0 Å². The lowest BCUT2D eigenvalue weighted by Crippen LogP contribution is -2.56. The second-order valence-corrected chi connectivity index (χ2v) is 3.30. The van der Waals surface area contributed by atoms with Gasteiger partial charge in [-0.15, -0.1) is 0 Å². The molecular formula is C5H13N3O2S. The number of nitrogens with zero attached hydrogens (tertiary/aromatic N) is 1. The molecule has 0 saturated carbocycles. The summed E-state index contributed by atoms with van der Waals surface area (Å²) >= 11 is -1.92. The molecule has 3 N–H and O–H groups in total. The molecule has 2 atom stereocenters. The number of rotatable bonds is 2. The molecule has 1 aliphatic heterocycles. The number of nitrogens with one attached hydrogen (secondary N) is 2. The Morgan fingerprint density at radius 3 is 3.09 bits per heavy atom. The fourth-order valence-corrected chi connectivity index (χ4v) is 1.55. The van der Waals surface area contributed by atoms with Crippen LogP contribution >= 0.6 is 0 Å². The second kappa shape index (κ2) is 4.13. The molecule has 11 heavy (non-hydrogen) atoms. The minimum atomic E-state index is -1.92. The van der Waals surface area contributed by atoms with Gasteiger partial charge >= 0.3 is 0 Å². The van der Waals surface area contributed by atoms with E-state index in [0.29, 0.717) is 6.54 Å². The summed E-state index contributed by atoms with van der Waals surface area (Å²) in [6.45, 7) is 2.55. The van der Waals surface area contributed by atoms with Crippen molar-refractivity contribution in [2.75, 3.05) is 26.7 Å². The Bertz CT molecular complexity index is 155. The summed E-state index contributed by atoms with van der Waals surface area (Å²) in [5.41, 5.74) is 0. The molecule has 0 aromatic carbocycles. The van der Waals surface area contributed by atoms with Crippen molar-refractivity contribution in [2.45, 2.75) is 6.17 Å². The lowest BCUT2D eigenvalue weighted by atomic mass is 10.3. The summed E-state index contributed by atoms with van der Waals surface area (Å²) in [5.74, 6) is 0. The first kappa shape index (κ1) is 9.08. The van der Waals surface area contributed by atoms with E-state index in [1.165, 1.54) is 0 Å². The molecule has 0 aromatic heterocycles. The summed E-state index contributed by atoms with van der Waals surface area (Å²) in [6, 6.07) is 0. The minimum Gasteiger partial charge on any atom is -0.313 e. The molecule has 0 spiro atoms. The maximum absolute atomic E-state index is 10.4. The van der Waals surface area contributed by atoms with Crippen LogP contribution < -0.4 is 10.0 Å². The van der Waals surface area contributed by atoms with Gasteiger partial charge in [0.2, 0.25) is 11.3 Å². The highest BCUT2D eigenvalue weighted by Crippen LogP contribution is 1.95. The van der Waals surface area contributed by atoms with Crippen molar-refractivity contribution < 1.29 is 8.76 Å². The van der Waals surface area contributed by atoms with Crippen LogP contribution in [0.2, 0.25) is 0 Å². The molecular weight excluding hydrogens is 166 g/mol. The summed E-state index contributed by atoms with van der Waals surface area (Å²) in [7, 11) is 1.92. The second-order valence-electron chi connectivity index (χ2n) is 2.57. The number of likely N-dealkylation sites (N-methyl/N-ethyl adjacent to an activating group) is 1. The monoisotopic (exact) mass is 179 g/mol. The van der Waals surface area contributed by atoms with E-state index in [1.54, 1.807) is 0 Å². The van der Waals surface area contributed by atoms with Gasteiger partial charge in [0.1, 0.15) is 0 Å². The Kier molecular flexibility index (Phi) is 3.41.